The standard InChI is InChI=1S/C13H17NO.C12H15NO2/c1-9(2)5-10-3-4-11-8-14-13(15)7-12(11)6-10;1-8(2)5-9-3-4-10-11(6-9)15-7-12(14)13-10/h3-4,6,9H,5,7-8H2,1-2H3,(H,14,15);3-4,6,8H,5,7H2,1-2H3,(H,13,14). The average Bonchev–Trinajstić information content (AvgIpc) is 2.67. The van der Waals surface area contributed by atoms with Gasteiger partial charge in [-0.25, -0.2) is 0 Å². The lowest BCUT2D eigenvalue weighted by Crippen LogP contribution is -2.30. The van der Waals surface area contributed by atoms with Crippen LogP contribution in [0.4, 0.5) is 5.69 Å². The normalized spacial score (nSPS) is 14.7. The third-order valence-corrected chi connectivity index (χ3v) is 5.06. The summed E-state index contributed by atoms with van der Waals surface area (Å²) in [4.78, 5) is 22.3. The number of nitrogens with one attached hydrogen (secondary N) is 2. The minimum atomic E-state index is -0.0842. The molecule has 4 rings (SSSR count). The van der Waals surface area contributed by atoms with Crippen molar-refractivity contribution in [2.75, 3.05) is 11.9 Å². The number of benzene rings is 2. The zero-order valence-corrected chi connectivity index (χ0v) is 18.4. The molecule has 2 aliphatic heterocycles. The number of fused-ring (bicyclic) bond motifs is 2. The molecule has 0 saturated heterocycles. The second-order valence-electron chi connectivity index (χ2n) is 8.92. The van der Waals surface area contributed by atoms with E-state index in [9.17, 15) is 9.59 Å². The number of hydrogen-bond donors (Lipinski definition) is 2. The Hall–Kier alpha value is -2.82. The molecule has 0 aromatic heterocycles. The highest BCUT2D eigenvalue weighted by Crippen LogP contribution is 2.29. The van der Waals surface area contributed by atoms with Gasteiger partial charge in [0.15, 0.2) is 6.61 Å². The van der Waals surface area contributed by atoms with Crippen LogP contribution in [0.25, 0.3) is 0 Å². The van der Waals surface area contributed by atoms with E-state index in [-0.39, 0.29) is 18.4 Å². The Morgan fingerprint density at radius 3 is 2.23 bits per heavy atom. The first-order valence-electron chi connectivity index (χ1n) is 10.7. The molecule has 5 heteroatoms. The number of carbonyl (C=O) groups is 2. The first-order chi connectivity index (χ1) is 14.3. The van der Waals surface area contributed by atoms with Gasteiger partial charge >= 0.3 is 0 Å². The second-order valence-corrected chi connectivity index (χ2v) is 8.92. The van der Waals surface area contributed by atoms with E-state index in [0.29, 0.717) is 24.8 Å². The van der Waals surface area contributed by atoms with Crippen LogP contribution >= 0.6 is 0 Å². The Balaban J connectivity index is 0.000000171. The quantitative estimate of drug-likeness (QED) is 0.794. The van der Waals surface area contributed by atoms with Crippen molar-refractivity contribution in [3.8, 4) is 5.75 Å². The van der Waals surface area contributed by atoms with Gasteiger partial charge in [0.05, 0.1) is 12.1 Å². The SMILES string of the molecule is CC(C)Cc1ccc2c(c1)CC(=O)NC2.CC(C)Cc1ccc2c(c1)OCC(=O)N2. The maximum absolute atomic E-state index is 11.2. The first kappa shape index (κ1) is 21.9. The van der Waals surface area contributed by atoms with E-state index in [1.165, 1.54) is 22.3 Å². The van der Waals surface area contributed by atoms with Crippen LogP contribution in [-0.2, 0) is 35.4 Å². The van der Waals surface area contributed by atoms with Gasteiger partial charge in [0.25, 0.3) is 5.91 Å². The molecule has 160 valence electrons. The predicted octanol–water partition coefficient (Wildman–Crippen LogP) is 4.27. The molecule has 2 aliphatic rings. The lowest BCUT2D eigenvalue weighted by molar-refractivity contribution is -0.121. The van der Waals surface area contributed by atoms with Crippen molar-refractivity contribution in [1.29, 1.82) is 0 Å². The molecule has 0 fully saturated rings. The number of rotatable bonds is 4. The number of ether oxygens (including phenoxy) is 1. The molecular formula is C25H32N2O3. The van der Waals surface area contributed by atoms with Gasteiger partial charge in [-0.05, 0) is 59.1 Å². The summed E-state index contributed by atoms with van der Waals surface area (Å²) >= 11 is 0. The van der Waals surface area contributed by atoms with Gasteiger partial charge in [0, 0.05) is 6.54 Å². The van der Waals surface area contributed by atoms with Crippen molar-refractivity contribution in [3.05, 3.63) is 58.7 Å². The van der Waals surface area contributed by atoms with E-state index in [1.807, 2.05) is 18.2 Å². The molecule has 2 heterocycles. The maximum atomic E-state index is 11.2. The smallest absolute Gasteiger partial charge is 0.262 e. The predicted molar refractivity (Wildman–Crippen MR) is 120 cm³/mol. The molecule has 2 aromatic carbocycles. The van der Waals surface area contributed by atoms with E-state index in [0.717, 1.165) is 24.3 Å². The lowest BCUT2D eigenvalue weighted by Gasteiger charge is -2.18. The molecule has 0 unspecified atom stereocenters. The summed E-state index contributed by atoms with van der Waals surface area (Å²) in [6, 6.07) is 12.5. The Morgan fingerprint density at radius 1 is 0.867 bits per heavy atom. The maximum Gasteiger partial charge on any atom is 0.262 e. The minimum Gasteiger partial charge on any atom is -0.482 e. The topological polar surface area (TPSA) is 67.4 Å². The van der Waals surface area contributed by atoms with Crippen LogP contribution in [0, 0.1) is 11.8 Å². The van der Waals surface area contributed by atoms with Crippen LogP contribution in [0.1, 0.15) is 49.9 Å². The average molecular weight is 409 g/mol. The van der Waals surface area contributed by atoms with E-state index < -0.39 is 0 Å². The number of anilines is 1. The second kappa shape index (κ2) is 9.79. The summed E-state index contributed by atoms with van der Waals surface area (Å²) in [5.41, 5.74) is 5.84. The largest absolute Gasteiger partial charge is 0.482 e. The molecule has 0 saturated carbocycles. The van der Waals surface area contributed by atoms with Gasteiger partial charge in [0.2, 0.25) is 5.91 Å². The summed E-state index contributed by atoms with van der Waals surface area (Å²) in [6.45, 7) is 9.61. The van der Waals surface area contributed by atoms with Crippen molar-refractivity contribution in [1.82, 2.24) is 5.32 Å². The van der Waals surface area contributed by atoms with Crippen molar-refractivity contribution in [2.24, 2.45) is 11.8 Å². The van der Waals surface area contributed by atoms with Gasteiger partial charge in [-0.1, -0.05) is 52.0 Å². The zero-order valence-electron chi connectivity index (χ0n) is 18.4. The fourth-order valence-corrected chi connectivity index (χ4v) is 3.76. The minimum absolute atomic E-state index is 0.0842. The van der Waals surface area contributed by atoms with Crippen molar-refractivity contribution in [3.63, 3.8) is 0 Å². The molecule has 0 bridgehead atoms. The van der Waals surface area contributed by atoms with Crippen LogP contribution in [-0.4, -0.2) is 18.4 Å². The highest BCUT2D eigenvalue weighted by atomic mass is 16.5. The Kier molecular flexibility index (Phi) is 7.14. The summed E-state index contributed by atoms with van der Waals surface area (Å²) in [5, 5.41) is 5.64. The monoisotopic (exact) mass is 408 g/mol. The molecular weight excluding hydrogens is 376 g/mol. The van der Waals surface area contributed by atoms with Crippen LogP contribution < -0.4 is 15.4 Å². The Labute approximate surface area is 179 Å². The molecule has 0 atom stereocenters. The third-order valence-electron chi connectivity index (χ3n) is 5.06. The van der Waals surface area contributed by atoms with Crippen LogP contribution in [0.2, 0.25) is 0 Å². The third kappa shape index (κ3) is 6.09. The van der Waals surface area contributed by atoms with Crippen LogP contribution in [0.3, 0.4) is 0 Å². The van der Waals surface area contributed by atoms with E-state index >= 15 is 0 Å². The summed E-state index contributed by atoms with van der Waals surface area (Å²) in [6.07, 6.45) is 2.67. The van der Waals surface area contributed by atoms with Crippen LogP contribution in [0.15, 0.2) is 36.4 Å². The summed E-state index contributed by atoms with van der Waals surface area (Å²) in [7, 11) is 0. The van der Waals surface area contributed by atoms with E-state index in [2.05, 4.69) is 56.5 Å². The van der Waals surface area contributed by atoms with Gasteiger partial charge in [-0.3, -0.25) is 9.59 Å². The van der Waals surface area contributed by atoms with Crippen molar-refractivity contribution >= 4 is 17.5 Å². The summed E-state index contributed by atoms with van der Waals surface area (Å²) in [5.74, 6) is 2.14. The summed E-state index contributed by atoms with van der Waals surface area (Å²) < 4.78 is 5.35. The van der Waals surface area contributed by atoms with Crippen molar-refractivity contribution in [2.45, 2.75) is 53.5 Å². The van der Waals surface area contributed by atoms with E-state index in [1.54, 1.807) is 0 Å². The Morgan fingerprint density at radius 2 is 1.53 bits per heavy atom. The molecule has 2 amide bonds. The molecule has 2 N–H and O–H groups in total. The molecule has 5 nitrogen and oxygen atoms in total. The number of amides is 2. The zero-order chi connectivity index (χ0) is 21.7. The van der Waals surface area contributed by atoms with Gasteiger partial charge in [0.1, 0.15) is 5.75 Å². The highest BCUT2D eigenvalue weighted by Gasteiger charge is 2.16. The fourth-order valence-electron chi connectivity index (χ4n) is 3.76. The van der Waals surface area contributed by atoms with Crippen molar-refractivity contribution < 1.29 is 14.3 Å². The van der Waals surface area contributed by atoms with Gasteiger partial charge in [-0.2, -0.15) is 0 Å². The van der Waals surface area contributed by atoms with Crippen LogP contribution in [0.5, 0.6) is 5.75 Å². The number of carbonyl (C=O) groups excluding carboxylic acids is 2. The number of hydrogen-bond acceptors (Lipinski definition) is 3. The van der Waals surface area contributed by atoms with Gasteiger partial charge in [-0.15, -0.1) is 0 Å². The Bertz CT molecular complexity index is 919. The fraction of sp³-hybridized carbons (Fsp3) is 0.440. The van der Waals surface area contributed by atoms with E-state index in [4.69, 9.17) is 4.74 Å². The molecule has 30 heavy (non-hydrogen) atoms. The molecule has 0 aliphatic carbocycles. The molecule has 0 spiro atoms. The molecule has 0 radical (unpaired) electrons. The first-order valence-corrected chi connectivity index (χ1v) is 10.7. The van der Waals surface area contributed by atoms with Gasteiger partial charge < -0.3 is 15.4 Å². The lowest BCUT2D eigenvalue weighted by atomic mass is 9.94. The molecule has 2 aromatic rings. The highest BCUT2D eigenvalue weighted by molar-refractivity contribution is 5.95.